The molecule has 0 unspecified atom stereocenters. The summed E-state index contributed by atoms with van der Waals surface area (Å²) < 4.78 is 32.5. The van der Waals surface area contributed by atoms with Crippen molar-refractivity contribution in [3.8, 4) is 5.88 Å². The zero-order chi connectivity index (χ0) is 16.5. The van der Waals surface area contributed by atoms with Crippen molar-refractivity contribution in [2.24, 2.45) is 0 Å². The number of pyridine rings is 1. The molecular formula is C17H20ClF2NO. The summed E-state index contributed by atoms with van der Waals surface area (Å²) in [5.41, 5.74) is 0.995. The van der Waals surface area contributed by atoms with Gasteiger partial charge in [0.25, 0.3) is 5.88 Å². The summed E-state index contributed by atoms with van der Waals surface area (Å²) in [7, 11) is 0. The third-order valence-corrected chi connectivity index (χ3v) is 3.17. The Kier molecular flexibility index (Phi) is 7.82. The highest BCUT2D eigenvalue weighted by molar-refractivity contribution is 6.31. The third kappa shape index (κ3) is 4.95. The van der Waals surface area contributed by atoms with Crippen LogP contribution in [-0.2, 0) is 13.0 Å². The Bertz CT molecular complexity index is 585. The SMILES string of the molecule is CC.CCCc1cnc(OCc2c(F)cccc2Cl)c(F)c1. The Balaban J connectivity index is 0.00000116. The second kappa shape index (κ2) is 9.36. The van der Waals surface area contributed by atoms with E-state index in [1.165, 1.54) is 18.2 Å². The lowest BCUT2D eigenvalue weighted by atomic mass is 10.2. The lowest BCUT2D eigenvalue weighted by Gasteiger charge is -2.09. The normalized spacial score (nSPS) is 9.91. The molecule has 0 bridgehead atoms. The zero-order valence-corrected chi connectivity index (χ0v) is 13.8. The van der Waals surface area contributed by atoms with Crippen molar-refractivity contribution in [1.82, 2.24) is 4.98 Å². The first kappa shape index (κ1) is 18.4. The first-order valence-corrected chi connectivity index (χ1v) is 7.69. The van der Waals surface area contributed by atoms with E-state index in [0.717, 1.165) is 18.4 Å². The number of aromatic nitrogens is 1. The van der Waals surface area contributed by atoms with Gasteiger partial charge in [0.15, 0.2) is 5.82 Å². The lowest BCUT2D eigenvalue weighted by Crippen LogP contribution is -2.03. The van der Waals surface area contributed by atoms with Crippen molar-refractivity contribution >= 4 is 11.6 Å². The maximum Gasteiger partial charge on any atom is 0.250 e. The van der Waals surface area contributed by atoms with E-state index in [1.807, 2.05) is 20.8 Å². The third-order valence-electron chi connectivity index (χ3n) is 2.82. The minimum Gasteiger partial charge on any atom is -0.471 e. The molecule has 120 valence electrons. The molecule has 0 aliphatic rings. The predicted octanol–water partition coefficient (Wildman–Crippen LogP) is 5.57. The summed E-state index contributed by atoms with van der Waals surface area (Å²) in [5, 5.41) is 0.244. The molecule has 0 saturated carbocycles. The Morgan fingerprint density at radius 3 is 2.50 bits per heavy atom. The van der Waals surface area contributed by atoms with Crippen LogP contribution in [0.2, 0.25) is 5.02 Å². The van der Waals surface area contributed by atoms with Crippen LogP contribution in [-0.4, -0.2) is 4.98 Å². The van der Waals surface area contributed by atoms with Gasteiger partial charge in [-0.1, -0.05) is 44.9 Å². The highest BCUT2D eigenvalue weighted by Crippen LogP contribution is 2.22. The minimum absolute atomic E-state index is 0.149. The topological polar surface area (TPSA) is 22.1 Å². The van der Waals surface area contributed by atoms with E-state index in [2.05, 4.69) is 4.98 Å². The summed E-state index contributed by atoms with van der Waals surface area (Å²) in [6.45, 7) is 5.84. The van der Waals surface area contributed by atoms with Crippen LogP contribution in [0.1, 0.15) is 38.3 Å². The van der Waals surface area contributed by atoms with Crippen molar-refractivity contribution in [1.29, 1.82) is 0 Å². The average Bonchev–Trinajstić information content (AvgIpc) is 2.51. The van der Waals surface area contributed by atoms with E-state index in [9.17, 15) is 8.78 Å². The van der Waals surface area contributed by atoms with Crippen LogP contribution >= 0.6 is 11.6 Å². The average molecular weight is 328 g/mol. The van der Waals surface area contributed by atoms with Crippen molar-refractivity contribution in [3.63, 3.8) is 0 Å². The molecule has 5 heteroatoms. The minimum atomic E-state index is -0.552. The molecule has 0 fully saturated rings. The summed E-state index contributed by atoms with van der Waals surface area (Å²) >= 11 is 5.87. The summed E-state index contributed by atoms with van der Waals surface area (Å²) in [5.74, 6) is -1.19. The van der Waals surface area contributed by atoms with E-state index in [1.54, 1.807) is 12.3 Å². The van der Waals surface area contributed by atoms with Gasteiger partial charge in [0.05, 0.1) is 5.02 Å². The van der Waals surface area contributed by atoms with Crippen LogP contribution in [0.4, 0.5) is 8.78 Å². The van der Waals surface area contributed by atoms with Gasteiger partial charge in [-0.15, -0.1) is 0 Å². The monoisotopic (exact) mass is 327 g/mol. The molecule has 0 radical (unpaired) electrons. The molecule has 22 heavy (non-hydrogen) atoms. The summed E-state index contributed by atoms with van der Waals surface area (Å²) in [6, 6.07) is 5.71. The Morgan fingerprint density at radius 1 is 1.18 bits per heavy atom. The molecule has 0 saturated heterocycles. The van der Waals surface area contributed by atoms with Gasteiger partial charge in [-0.2, -0.15) is 0 Å². The summed E-state index contributed by atoms with van der Waals surface area (Å²) in [4.78, 5) is 3.91. The number of ether oxygens (including phenoxy) is 1. The van der Waals surface area contributed by atoms with Crippen molar-refractivity contribution in [2.75, 3.05) is 0 Å². The van der Waals surface area contributed by atoms with Crippen LogP contribution in [0.15, 0.2) is 30.5 Å². The lowest BCUT2D eigenvalue weighted by molar-refractivity contribution is 0.272. The van der Waals surface area contributed by atoms with E-state index < -0.39 is 11.6 Å². The molecule has 2 nitrogen and oxygen atoms in total. The van der Waals surface area contributed by atoms with Crippen molar-refractivity contribution in [3.05, 3.63) is 58.2 Å². The number of halogens is 3. The highest BCUT2D eigenvalue weighted by atomic mass is 35.5. The first-order valence-electron chi connectivity index (χ1n) is 7.32. The van der Waals surface area contributed by atoms with Gasteiger partial charge in [0.2, 0.25) is 0 Å². The van der Waals surface area contributed by atoms with Crippen molar-refractivity contribution in [2.45, 2.75) is 40.2 Å². The number of nitrogens with zero attached hydrogens (tertiary/aromatic N) is 1. The Morgan fingerprint density at radius 2 is 1.91 bits per heavy atom. The number of rotatable bonds is 5. The van der Waals surface area contributed by atoms with Crippen LogP contribution < -0.4 is 4.74 Å². The van der Waals surface area contributed by atoms with Crippen LogP contribution in [0.5, 0.6) is 5.88 Å². The molecule has 1 aromatic heterocycles. The van der Waals surface area contributed by atoms with Gasteiger partial charge >= 0.3 is 0 Å². The first-order chi connectivity index (χ1) is 10.6. The van der Waals surface area contributed by atoms with Crippen LogP contribution in [0, 0.1) is 11.6 Å². The number of hydrogen-bond donors (Lipinski definition) is 0. The molecule has 0 amide bonds. The van der Waals surface area contributed by atoms with E-state index in [4.69, 9.17) is 16.3 Å². The van der Waals surface area contributed by atoms with E-state index in [0.29, 0.717) is 0 Å². The number of hydrogen-bond acceptors (Lipinski definition) is 2. The van der Waals surface area contributed by atoms with Gasteiger partial charge in [-0.3, -0.25) is 0 Å². The fourth-order valence-electron chi connectivity index (χ4n) is 1.81. The van der Waals surface area contributed by atoms with E-state index in [-0.39, 0.29) is 23.1 Å². The van der Waals surface area contributed by atoms with Gasteiger partial charge in [0, 0.05) is 11.8 Å². The number of benzene rings is 1. The van der Waals surface area contributed by atoms with Gasteiger partial charge in [-0.05, 0) is 30.2 Å². The second-order valence-corrected chi connectivity index (χ2v) is 4.78. The maximum atomic E-state index is 13.8. The van der Waals surface area contributed by atoms with E-state index >= 15 is 0 Å². The van der Waals surface area contributed by atoms with Gasteiger partial charge in [0.1, 0.15) is 12.4 Å². The molecule has 0 atom stereocenters. The fraction of sp³-hybridized carbons (Fsp3) is 0.353. The maximum absolute atomic E-state index is 13.8. The number of aryl methyl sites for hydroxylation is 1. The van der Waals surface area contributed by atoms with Gasteiger partial charge < -0.3 is 4.74 Å². The standard InChI is InChI=1S/C15H14ClF2NO.C2H6/c1-2-4-10-7-14(18)15(19-8-10)20-9-11-12(16)5-3-6-13(11)17;1-2/h3,5-8H,2,4,9H2,1H3;1-2H3. The molecule has 0 N–H and O–H groups in total. The Labute approximate surface area is 135 Å². The van der Waals surface area contributed by atoms with Crippen LogP contribution in [0.3, 0.4) is 0 Å². The molecule has 2 rings (SSSR count). The molecular weight excluding hydrogens is 308 g/mol. The quantitative estimate of drug-likeness (QED) is 0.716. The largest absolute Gasteiger partial charge is 0.471 e. The van der Waals surface area contributed by atoms with Gasteiger partial charge in [-0.25, -0.2) is 13.8 Å². The summed E-state index contributed by atoms with van der Waals surface area (Å²) in [6.07, 6.45) is 3.22. The fourth-order valence-corrected chi connectivity index (χ4v) is 2.02. The molecule has 0 spiro atoms. The molecule has 1 heterocycles. The highest BCUT2D eigenvalue weighted by Gasteiger charge is 2.11. The smallest absolute Gasteiger partial charge is 0.250 e. The van der Waals surface area contributed by atoms with Crippen molar-refractivity contribution < 1.29 is 13.5 Å². The molecule has 2 aromatic rings. The predicted molar refractivity (Wildman–Crippen MR) is 85.3 cm³/mol. The van der Waals surface area contributed by atoms with Crippen LogP contribution in [0.25, 0.3) is 0 Å². The molecule has 0 aliphatic carbocycles. The molecule has 1 aromatic carbocycles. The molecule has 0 aliphatic heterocycles. The zero-order valence-electron chi connectivity index (χ0n) is 13.0. The second-order valence-electron chi connectivity index (χ2n) is 4.37. The Hall–Kier alpha value is -1.68.